The van der Waals surface area contributed by atoms with E-state index in [0.717, 1.165) is 25.5 Å². The van der Waals surface area contributed by atoms with Crippen molar-refractivity contribution in [1.82, 2.24) is 34.9 Å². The molecule has 1 aliphatic carbocycles. The topological polar surface area (TPSA) is 64.7 Å². The van der Waals surface area contributed by atoms with Crippen LogP contribution in [0.15, 0.2) is 18.5 Å². The van der Waals surface area contributed by atoms with Crippen LogP contribution < -0.4 is 0 Å². The first-order valence-corrected chi connectivity index (χ1v) is 7.38. The lowest BCUT2D eigenvalue weighted by Gasteiger charge is -2.23. The second kappa shape index (κ2) is 4.97. The third kappa shape index (κ3) is 2.33. The van der Waals surface area contributed by atoms with E-state index in [4.69, 9.17) is 0 Å². The van der Waals surface area contributed by atoms with Crippen molar-refractivity contribution in [3.8, 4) is 0 Å². The van der Waals surface area contributed by atoms with Crippen molar-refractivity contribution in [3.05, 3.63) is 24.3 Å². The molecule has 0 bridgehead atoms. The van der Waals surface area contributed by atoms with Crippen LogP contribution in [0, 0.1) is 0 Å². The van der Waals surface area contributed by atoms with Gasteiger partial charge in [-0.3, -0.25) is 9.58 Å². The first kappa shape index (κ1) is 12.0. The van der Waals surface area contributed by atoms with E-state index in [1.54, 1.807) is 0 Å². The third-order valence-electron chi connectivity index (χ3n) is 4.25. The molecule has 1 atom stereocenters. The molecule has 7 nitrogen and oxygen atoms in total. The number of aromatic nitrogens is 6. The molecular formula is C13H19N7. The minimum atomic E-state index is 0.541. The molecule has 0 N–H and O–H groups in total. The fourth-order valence-electron chi connectivity index (χ4n) is 3.04. The van der Waals surface area contributed by atoms with Gasteiger partial charge in [0.05, 0.1) is 19.1 Å². The highest BCUT2D eigenvalue weighted by Gasteiger charge is 2.31. The van der Waals surface area contributed by atoms with Gasteiger partial charge in [-0.1, -0.05) is 0 Å². The van der Waals surface area contributed by atoms with Gasteiger partial charge in [0.1, 0.15) is 0 Å². The smallest absolute Gasteiger partial charge is 0.165 e. The number of hydrogen-bond acceptors (Lipinski definition) is 5. The maximum absolute atomic E-state index is 4.31. The molecule has 1 saturated heterocycles. The van der Waals surface area contributed by atoms with Crippen molar-refractivity contribution in [2.24, 2.45) is 0 Å². The molecule has 2 aromatic rings. The summed E-state index contributed by atoms with van der Waals surface area (Å²) < 4.78 is 4.04. The van der Waals surface area contributed by atoms with Gasteiger partial charge in [-0.05, 0) is 48.7 Å². The third-order valence-corrected chi connectivity index (χ3v) is 4.25. The Kier molecular flexibility index (Phi) is 2.99. The van der Waals surface area contributed by atoms with Crippen LogP contribution in [0.4, 0.5) is 0 Å². The van der Waals surface area contributed by atoms with E-state index in [-0.39, 0.29) is 0 Å². The average Bonchev–Trinajstić information content (AvgIpc) is 2.88. The molecule has 7 heteroatoms. The Balaban J connectivity index is 1.45. The van der Waals surface area contributed by atoms with E-state index in [9.17, 15) is 0 Å². The molecule has 4 rings (SSSR count). The maximum atomic E-state index is 4.31. The second-order valence-corrected chi connectivity index (χ2v) is 5.77. The number of likely N-dealkylation sites (tertiary alicyclic amines) is 1. The normalized spacial score (nSPS) is 23.5. The largest absolute Gasteiger partial charge is 0.291 e. The predicted octanol–water partition coefficient (Wildman–Crippen LogP) is 0.869. The van der Waals surface area contributed by atoms with E-state index in [0.29, 0.717) is 12.1 Å². The number of tetrazole rings is 1. The number of rotatable bonds is 5. The van der Waals surface area contributed by atoms with Crippen LogP contribution in [0.2, 0.25) is 0 Å². The Hall–Kier alpha value is -1.76. The predicted molar refractivity (Wildman–Crippen MR) is 71.7 cm³/mol. The molecule has 2 aromatic heterocycles. The van der Waals surface area contributed by atoms with Gasteiger partial charge in [0.25, 0.3) is 0 Å². The lowest BCUT2D eigenvalue weighted by Crippen LogP contribution is -2.33. The van der Waals surface area contributed by atoms with Crippen LogP contribution >= 0.6 is 0 Å². The van der Waals surface area contributed by atoms with Gasteiger partial charge < -0.3 is 0 Å². The Bertz CT molecular complexity index is 557. The van der Waals surface area contributed by atoms with Gasteiger partial charge in [0.2, 0.25) is 0 Å². The Morgan fingerprint density at radius 3 is 3.00 bits per heavy atom. The molecule has 0 radical (unpaired) electrons. The molecule has 106 valence electrons. The monoisotopic (exact) mass is 273 g/mol. The summed E-state index contributed by atoms with van der Waals surface area (Å²) in [5.41, 5.74) is 0. The molecule has 1 saturated carbocycles. The first-order chi connectivity index (χ1) is 9.90. The summed E-state index contributed by atoms with van der Waals surface area (Å²) in [6.07, 6.45) is 8.78. The van der Waals surface area contributed by atoms with Crippen LogP contribution in [0.5, 0.6) is 0 Å². The molecule has 20 heavy (non-hydrogen) atoms. The fourth-order valence-corrected chi connectivity index (χ4v) is 3.04. The molecule has 2 aliphatic rings. The minimum absolute atomic E-state index is 0.541. The lowest BCUT2D eigenvalue weighted by molar-refractivity contribution is 0.210. The van der Waals surface area contributed by atoms with Crippen LogP contribution in [0.1, 0.15) is 37.5 Å². The van der Waals surface area contributed by atoms with Gasteiger partial charge in [-0.2, -0.15) is 5.10 Å². The van der Waals surface area contributed by atoms with Crippen molar-refractivity contribution in [1.29, 1.82) is 0 Å². The Labute approximate surface area is 117 Å². The molecule has 1 aliphatic heterocycles. The van der Waals surface area contributed by atoms with E-state index in [2.05, 4.69) is 25.5 Å². The van der Waals surface area contributed by atoms with Crippen molar-refractivity contribution in [2.45, 2.75) is 50.9 Å². The zero-order valence-electron chi connectivity index (χ0n) is 11.5. The van der Waals surface area contributed by atoms with Crippen LogP contribution in [-0.4, -0.2) is 47.5 Å². The fraction of sp³-hybridized carbons (Fsp3) is 0.692. The van der Waals surface area contributed by atoms with Crippen molar-refractivity contribution in [2.75, 3.05) is 6.54 Å². The van der Waals surface area contributed by atoms with Gasteiger partial charge in [0, 0.05) is 18.4 Å². The van der Waals surface area contributed by atoms with Crippen LogP contribution in [0.25, 0.3) is 0 Å². The standard InChI is InChI=1S/C13H19N7/c1-3-12(9-19-8-2-6-14-19)18(7-1)10-13-15-16-17-20(13)11-4-5-11/h2,6,8,11-12H,1,3-5,7,9-10H2/t12-/m1/s1. The molecule has 0 amide bonds. The zero-order chi connectivity index (χ0) is 13.4. The van der Waals surface area contributed by atoms with Gasteiger partial charge >= 0.3 is 0 Å². The summed E-state index contributed by atoms with van der Waals surface area (Å²) in [4.78, 5) is 2.49. The number of hydrogen-bond donors (Lipinski definition) is 0. The summed E-state index contributed by atoms with van der Waals surface area (Å²) in [6.45, 7) is 2.94. The molecular weight excluding hydrogens is 254 g/mol. The van der Waals surface area contributed by atoms with E-state index in [1.807, 2.05) is 27.8 Å². The average molecular weight is 273 g/mol. The summed E-state index contributed by atoms with van der Waals surface area (Å²) in [5.74, 6) is 1.01. The summed E-state index contributed by atoms with van der Waals surface area (Å²) in [7, 11) is 0. The summed E-state index contributed by atoms with van der Waals surface area (Å²) >= 11 is 0. The van der Waals surface area contributed by atoms with Gasteiger partial charge in [-0.25, -0.2) is 4.68 Å². The second-order valence-electron chi connectivity index (χ2n) is 5.77. The maximum Gasteiger partial charge on any atom is 0.165 e. The highest BCUT2D eigenvalue weighted by molar-refractivity contribution is 4.93. The first-order valence-electron chi connectivity index (χ1n) is 7.38. The summed E-state index contributed by atoms with van der Waals surface area (Å²) in [5, 5.41) is 16.5. The van der Waals surface area contributed by atoms with Gasteiger partial charge in [0.15, 0.2) is 5.82 Å². The summed E-state index contributed by atoms with van der Waals surface area (Å²) in [6, 6.07) is 3.07. The van der Waals surface area contributed by atoms with E-state index < -0.39 is 0 Å². The van der Waals surface area contributed by atoms with E-state index >= 15 is 0 Å². The van der Waals surface area contributed by atoms with Crippen molar-refractivity contribution >= 4 is 0 Å². The minimum Gasteiger partial charge on any atom is -0.291 e. The lowest BCUT2D eigenvalue weighted by atomic mass is 10.2. The van der Waals surface area contributed by atoms with Gasteiger partial charge in [-0.15, -0.1) is 5.10 Å². The zero-order valence-corrected chi connectivity index (χ0v) is 11.5. The quantitative estimate of drug-likeness (QED) is 0.808. The highest BCUT2D eigenvalue weighted by atomic mass is 15.6. The van der Waals surface area contributed by atoms with Crippen LogP contribution in [0.3, 0.4) is 0 Å². The van der Waals surface area contributed by atoms with Crippen molar-refractivity contribution < 1.29 is 0 Å². The highest BCUT2D eigenvalue weighted by Crippen LogP contribution is 2.34. The molecule has 0 aromatic carbocycles. The SMILES string of the molecule is c1cnn(C[C@H]2CCCN2Cc2nnnn2C2CC2)c1. The van der Waals surface area contributed by atoms with Crippen molar-refractivity contribution in [3.63, 3.8) is 0 Å². The Morgan fingerprint density at radius 1 is 1.25 bits per heavy atom. The molecule has 0 spiro atoms. The molecule has 0 unspecified atom stereocenters. The Morgan fingerprint density at radius 2 is 2.20 bits per heavy atom. The molecule has 3 heterocycles. The van der Waals surface area contributed by atoms with E-state index in [1.165, 1.54) is 25.7 Å². The van der Waals surface area contributed by atoms with Crippen LogP contribution in [-0.2, 0) is 13.1 Å². The molecule has 2 fully saturated rings. The number of nitrogens with zero attached hydrogens (tertiary/aromatic N) is 7.